The minimum atomic E-state index is -0.923. The van der Waals surface area contributed by atoms with Crippen LogP contribution in [0.2, 0.25) is 0 Å². The van der Waals surface area contributed by atoms with Gasteiger partial charge in [0.15, 0.2) is 0 Å². The monoisotopic (exact) mass is 212 g/mol. The third-order valence-electron chi connectivity index (χ3n) is 2.58. The Kier molecular flexibility index (Phi) is 1.71. The number of fused-ring (bicyclic) bond motifs is 3. The highest BCUT2D eigenvalue weighted by molar-refractivity contribution is 5.97. The molecule has 0 radical (unpaired) electrons. The lowest BCUT2D eigenvalue weighted by molar-refractivity contribution is 0.0697. The first-order valence-electron chi connectivity index (χ1n) is 4.86. The Balaban J connectivity index is 2.44. The van der Waals surface area contributed by atoms with Gasteiger partial charge in [-0.05, 0) is 18.2 Å². The number of hydrogen-bond acceptors (Lipinski definition) is 2. The van der Waals surface area contributed by atoms with E-state index in [1.165, 1.54) is 0 Å². The predicted octanol–water partition coefficient (Wildman–Crippen LogP) is 2.19. The second-order valence-corrected chi connectivity index (χ2v) is 3.57. The molecule has 1 aromatic carbocycles. The SMILES string of the molecule is O=C(O)c1ccn2nc3ccccc3c2c1. The van der Waals surface area contributed by atoms with Crippen LogP contribution in [0.15, 0.2) is 42.6 Å². The number of carboxylic acid groups (broad SMARTS) is 1. The van der Waals surface area contributed by atoms with Gasteiger partial charge in [0.2, 0.25) is 0 Å². The molecule has 0 unspecified atom stereocenters. The molecule has 0 aliphatic carbocycles. The first-order chi connectivity index (χ1) is 7.75. The number of benzene rings is 1. The topological polar surface area (TPSA) is 54.6 Å². The van der Waals surface area contributed by atoms with E-state index in [0.717, 1.165) is 16.4 Å². The van der Waals surface area contributed by atoms with Crippen LogP contribution in [0.3, 0.4) is 0 Å². The molecule has 0 bridgehead atoms. The van der Waals surface area contributed by atoms with Gasteiger partial charge >= 0.3 is 5.97 Å². The summed E-state index contributed by atoms with van der Waals surface area (Å²) in [6.07, 6.45) is 1.67. The molecule has 78 valence electrons. The van der Waals surface area contributed by atoms with Gasteiger partial charge in [0, 0.05) is 11.6 Å². The number of carbonyl (C=O) groups is 1. The molecule has 1 N–H and O–H groups in total. The van der Waals surface area contributed by atoms with Gasteiger partial charge in [-0.25, -0.2) is 9.31 Å². The van der Waals surface area contributed by atoms with Crippen LogP contribution in [-0.2, 0) is 0 Å². The van der Waals surface area contributed by atoms with Gasteiger partial charge in [-0.1, -0.05) is 18.2 Å². The fraction of sp³-hybridized carbons (Fsp3) is 0. The molecule has 0 atom stereocenters. The predicted molar refractivity (Wildman–Crippen MR) is 59.7 cm³/mol. The standard InChI is InChI=1S/C12H8N2O2/c15-12(16)8-5-6-14-11(7-8)9-3-1-2-4-10(9)13-14/h1-7H,(H,15,16). The van der Waals surface area contributed by atoms with Crippen LogP contribution >= 0.6 is 0 Å². The van der Waals surface area contributed by atoms with E-state index in [2.05, 4.69) is 5.10 Å². The van der Waals surface area contributed by atoms with E-state index in [1.54, 1.807) is 22.8 Å². The lowest BCUT2D eigenvalue weighted by Crippen LogP contribution is -1.97. The molecule has 4 heteroatoms. The van der Waals surface area contributed by atoms with Crippen molar-refractivity contribution in [2.24, 2.45) is 0 Å². The molecule has 3 rings (SSSR count). The maximum Gasteiger partial charge on any atom is 0.335 e. The largest absolute Gasteiger partial charge is 0.478 e. The normalized spacial score (nSPS) is 11.0. The zero-order chi connectivity index (χ0) is 11.1. The maximum atomic E-state index is 10.9. The molecule has 0 saturated carbocycles. The van der Waals surface area contributed by atoms with Crippen LogP contribution in [0.25, 0.3) is 16.4 Å². The van der Waals surface area contributed by atoms with Gasteiger partial charge < -0.3 is 5.11 Å². The van der Waals surface area contributed by atoms with Crippen LogP contribution in [-0.4, -0.2) is 20.7 Å². The maximum absolute atomic E-state index is 10.9. The Hall–Kier alpha value is -2.36. The number of nitrogens with zero attached hydrogens (tertiary/aromatic N) is 2. The van der Waals surface area contributed by atoms with Crippen molar-refractivity contribution in [3.63, 3.8) is 0 Å². The van der Waals surface area contributed by atoms with Crippen molar-refractivity contribution in [3.8, 4) is 0 Å². The van der Waals surface area contributed by atoms with Gasteiger partial charge in [0.1, 0.15) is 0 Å². The molecule has 0 saturated heterocycles. The van der Waals surface area contributed by atoms with E-state index in [4.69, 9.17) is 5.11 Å². The van der Waals surface area contributed by atoms with Gasteiger partial charge in [-0.3, -0.25) is 0 Å². The molecule has 16 heavy (non-hydrogen) atoms. The van der Waals surface area contributed by atoms with Crippen molar-refractivity contribution in [2.75, 3.05) is 0 Å². The van der Waals surface area contributed by atoms with E-state index in [0.29, 0.717) is 0 Å². The van der Waals surface area contributed by atoms with Crippen molar-refractivity contribution in [3.05, 3.63) is 48.2 Å². The highest BCUT2D eigenvalue weighted by atomic mass is 16.4. The summed E-state index contributed by atoms with van der Waals surface area (Å²) in [7, 11) is 0. The molecule has 0 spiro atoms. The smallest absolute Gasteiger partial charge is 0.335 e. The molecule has 4 nitrogen and oxygen atoms in total. The van der Waals surface area contributed by atoms with Crippen LogP contribution in [0, 0.1) is 0 Å². The van der Waals surface area contributed by atoms with E-state index in [9.17, 15) is 4.79 Å². The van der Waals surface area contributed by atoms with Gasteiger partial charge in [0.25, 0.3) is 0 Å². The van der Waals surface area contributed by atoms with Crippen LogP contribution < -0.4 is 0 Å². The Labute approximate surface area is 90.7 Å². The van der Waals surface area contributed by atoms with Crippen LogP contribution in [0.5, 0.6) is 0 Å². The number of carboxylic acids is 1. The number of pyridine rings is 1. The molecule has 2 heterocycles. The summed E-state index contributed by atoms with van der Waals surface area (Å²) in [5.41, 5.74) is 1.96. The summed E-state index contributed by atoms with van der Waals surface area (Å²) in [5, 5.41) is 14.2. The third-order valence-corrected chi connectivity index (χ3v) is 2.58. The summed E-state index contributed by atoms with van der Waals surface area (Å²) >= 11 is 0. The second-order valence-electron chi connectivity index (χ2n) is 3.57. The highest BCUT2D eigenvalue weighted by Crippen LogP contribution is 2.19. The number of aromatic nitrogens is 2. The zero-order valence-electron chi connectivity index (χ0n) is 8.29. The van der Waals surface area contributed by atoms with Gasteiger partial charge in [-0.2, -0.15) is 5.10 Å². The minimum Gasteiger partial charge on any atom is -0.478 e. The lowest BCUT2D eigenvalue weighted by Gasteiger charge is -1.95. The summed E-state index contributed by atoms with van der Waals surface area (Å²) < 4.78 is 1.69. The first kappa shape index (κ1) is 8.91. The van der Waals surface area contributed by atoms with Crippen molar-refractivity contribution >= 4 is 22.4 Å². The molecule has 0 fully saturated rings. The van der Waals surface area contributed by atoms with E-state index in [-0.39, 0.29) is 5.56 Å². The molecular weight excluding hydrogens is 204 g/mol. The highest BCUT2D eigenvalue weighted by Gasteiger charge is 2.07. The summed E-state index contributed by atoms with van der Waals surface area (Å²) in [5.74, 6) is -0.923. The van der Waals surface area contributed by atoms with Gasteiger partial charge in [0.05, 0.1) is 16.6 Å². The van der Waals surface area contributed by atoms with Crippen molar-refractivity contribution in [1.82, 2.24) is 9.61 Å². The number of rotatable bonds is 1. The van der Waals surface area contributed by atoms with E-state index < -0.39 is 5.97 Å². The Morgan fingerprint density at radius 1 is 1.25 bits per heavy atom. The van der Waals surface area contributed by atoms with Crippen LogP contribution in [0.1, 0.15) is 10.4 Å². The Bertz CT molecular complexity index is 700. The Morgan fingerprint density at radius 2 is 2.06 bits per heavy atom. The van der Waals surface area contributed by atoms with Crippen LogP contribution in [0.4, 0.5) is 0 Å². The molecule has 0 amide bonds. The van der Waals surface area contributed by atoms with Crippen molar-refractivity contribution in [1.29, 1.82) is 0 Å². The third kappa shape index (κ3) is 1.16. The molecule has 2 aromatic heterocycles. The number of hydrogen-bond donors (Lipinski definition) is 1. The van der Waals surface area contributed by atoms with Gasteiger partial charge in [-0.15, -0.1) is 0 Å². The molecule has 3 aromatic rings. The van der Waals surface area contributed by atoms with Crippen molar-refractivity contribution in [2.45, 2.75) is 0 Å². The summed E-state index contributed by atoms with van der Waals surface area (Å²) in [4.78, 5) is 10.9. The first-order valence-corrected chi connectivity index (χ1v) is 4.86. The average Bonchev–Trinajstić information content (AvgIpc) is 2.66. The van der Waals surface area contributed by atoms with E-state index in [1.807, 2.05) is 24.3 Å². The molecule has 0 aliphatic rings. The fourth-order valence-corrected chi connectivity index (χ4v) is 1.81. The van der Waals surface area contributed by atoms with E-state index >= 15 is 0 Å². The quantitative estimate of drug-likeness (QED) is 0.672. The second kappa shape index (κ2) is 3.06. The molecular formula is C12H8N2O2. The zero-order valence-corrected chi connectivity index (χ0v) is 8.29. The molecule has 0 aliphatic heterocycles. The summed E-state index contributed by atoms with van der Waals surface area (Å²) in [6, 6.07) is 10.8. The summed E-state index contributed by atoms with van der Waals surface area (Å²) in [6.45, 7) is 0. The van der Waals surface area contributed by atoms with Crippen molar-refractivity contribution < 1.29 is 9.90 Å². The fourth-order valence-electron chi connectivity index (χ4n) is 1.81. The Morgan fingerprint density at radius 3 is 2.88 bits per heavy atom. The average molecular weight is 212 g/mol. The number of aromatic carboxylic acids is 1. The minimum absolute atomic E-state index is 0.276. The lowest BCUT2D eigenvalue weighted by atomic mass is 10.2.